The highest BCUT2D eigenvalue weighted by molar-refractivity contribution is 6.30. The summed E-state index contributed by atoms with van der Waals surface area (Å²) in [5.41, 5.74) is 7.99. The Hall–Kier alpha value is -1.39. The molecule has 2 aromatic heterocycles. The molecule has 0 radical (unpaired) electrons. The molecule has 0 saturated carbocycles. The molecule has 0 amide bonds. The summed E-state index contributed by atoms with van der Waals surface area (Å²) in [5.74, 6) is 0. The van der Waals surface area contributed by atoms with Crippen LogP contribution in [0, 0.1) is 0 Å². The number of halogens is 1. The van der Waals surface area contributed by atoms with Gasteiger partial charge in [-0.1, -0.05) is 11.6 Å². The minimum Gasteiger partial charge on any atom is -0.322 e. The summed E-state index contributed by atoms with van der Waals surface area (Å²) in [6.45, 7) is 0. The zero-order chi connectivity index (χ0) is 11.5. The molecule has 4 nitrogen and oxygen atoms in total. The van der Waals surface area contributed by atoms with E-state index in [0.29, 0.717) is 5.02 Å². The van der Waals surface area contributed by atoms with E-state index in [2.05, 4.69) is 10.1 Å². The molecule has 0 bridgehead atoms. The van der Waals surface area contributed by atoms with Gasteiger partial charge in [0.15, 0.2) is 0 Å². The van der Waals surface area contributed by atoms with Gasteiger partial charge in [-0.3, -0.25) is 9.67 Å². The third kappa shape index (κ3) is 2.59. The van der Waals surface area contributed by atoms with Crippen LogP contribution in [0.2, 0.25) is 5.02 Å². The van der Waals surface area contributed by atoms with E-state index in [1.807, 2.05) is 25.5 Å². The molecule has 0 aliphatic carbocycles. The van der Waals surface area contributed by atoms with E-state index >= 15 is 0 Å². The predicted octanol–water partition coefficient (Wildman–Crippen LogP) is 1.71. The number of aryl methyl sites for hydroxylation is 1. The van der Waals surface area contributed by atoms with Gasteiger partial charge in [0.05, 0.1) is 23.0 Å². The fourth-order valence-electron chi connectivity index (χ4n) is 1.54. The summed E-state index contributed by atoms with van der Waals surface area (Å²) in [6, 6.07) is 3.53. The van der Waals surface area contributed by atoms with Crippen molar-refractivity contribution in [3.63, 3.8) is 0 Å². The molecular weight excluding hydrogens is 224 g/mol. The zero-order valence-electron chi connectivity index (χ0n) is 8.97. The molecule has 0 aliphatic rings. The van der Waals surface area contributed by atoms with Gasteiger partial charge in [0, 0.05) is 19.4 Å². The Balaban J connectivity index is 2.08. The summed E-state index contributed by atoms with van der Waals surface area (Å²) >= 11 is 5.76. The highest BCUT2D eigenvalue weighted by atomic mass is 35.5. The molecule has 0 aliphatic heterocycles. The molecule has 2 rings (SSSR count). The smallest absolute Gasteiger partial charge is 0.0589 e. The van der Waals surface area contributed by atoms with Crippen molar-refractivity contribution >= 4 is 11.6 Å². The third-order valence-electron chi connectivity index (χ3n) is 2.34. The van der Waals surface area contributed by atoms with Gasteiger partial charge in [0.2, 0.25) is 0 Å². The monoisotopic (exact) mass is 236 g/mol. The second-order valence-corrected chi connectivity index (χ2v) is 4.17. The van der Waals surface area contributed by atoms with Gasteiger partial charge in [-0.2, -0.15) is 5.10 Å². The second-order valence-electron chi connectivity index (χ2n) is 3.73. The first-order valence-corrected chi connectivity index (χ1v) is 5.37. The van der Waals surface area contributed by atoms with E-state index in [1.54, 1.807) is 16.9 Å². The van der Waals surface area contributed by atoms with E-state index in [0.717, 1.165) is 17.7 Å². The standard InChI is InChI=1S/C11H13ClN4/c1-16-7-8(5-15-16)4-10(13)11-3-2-9(12)6-14-11/h2-3,5-7,10H,4,13H2,1H3. The Labute approximate surface area is 99.1 Å². The Kier molecular flexibility index (Phi) is 3.22. The maximum atomic E-state index is 6.04. The molecule has 2 heterocycles. The van der Waals surface area contributed by atoms with Crippen molar-refractivity contribution in [2.45, 2.75) is 12.5 Å². The Bertz CT molecular complexity index is 463. The Morgan fingerprint density at radius 1 is 1.44 bits per heavy atom. The minimum absolute atomic E-state index is 0.124. The molecular formula is C11H13ClN4. The van der Waals surface area contributed by atoms with Gasteiger partial charge in [-0.15, -0.1) is 0 Å². The number of pyridine rings is 1. The number of aromatic nitrogens is 3. The first kappa shape index (κ1) is 11.1. The summed E-state index contributed by atoms with van der Waals surface area (Å²) in [4.78, 5) is 4.20. The Morgan fingerprint density at radius 3 is 2.81 bits per heavy atom. The van der Waals surface area contributed by atoms with Crippen molar-refractivity contribution in [3.05, 3.63) is 47.0 Å². The van der Waals surface area contributed by atoms with E-state index in [-0.39, 0.29) is 6.04 Å². The van der Waals surface area contributed by atoms with Crippen LogP contribution >= 0.6 is 11.6 Å². The van der Waals surface area contributed by atoms with E-state index in [4.69, 9.17) is 17.3 Å². The molecule has 0 fully saturated rings. The fourth-order valence-corrected chi connectivity index (χ4v) is 1.65. The number of rotatable bonds is 3. The first-order chi connectivity index (χ1) is 7.65. The maximum Gasteiger partial charge on any atom is 0.0589 e. The summed E-state index contributed by atoms with van der Waals surface area (Å²) in [7, 11) is 1.88. The van der Waals surface area contributed by atoms with Gasteiger partial charge < -0.3 is 5.73 Å². The predicted molar refractivity (Wildman–Crippen MR) is 63.1 cm³/mol. The normalized spacial score (nSPS) is 12.7. The van der Waals surface area contributed by atoms with Crippen molar-refractivity contribution in [1.82, 2.24) is 14.8 Å². The zero-order valence-corrected chi connectivity index (χ0v) is 9.72. The van der Waals surface area contributed by atoms with Crippen LogP contribution < -0.4 is 5.73 Å². The highest BCUT2D eigenvalue weighted by Gasteiger charge is 2.09. The van der Waals surface area contributed by atoms with E-state index in [9.17, 15) is 0 Å². The lowest BCUT2D eigenvalue weighted by molar-refractivity contribution is 0.695. The topological polar surface area (TPSA) is 56.7 Å². The van der Waals surface area contributed by atoms with Crippen LogP contribution in [0.15, 0.2) is 30.7 Å². The van der Waals surface area contributed by atoms with Crippen molar-refractivity contribution in [2.75, 3.05) is 0 Å². The van der Waals surface area contributed by atoms with Crippen LogP contribution in [-0.2, 0) is 13.5 Å². The van der Waals surface area contributed by atoms with Crippen LogP contribution in [0.4, 0.5) is 0 Å². The molecule has 2 N–H and O–H groups in total. The van der Waals surface area contributed by atoms with Crippen molar-refractivity contribution in [2.24, 2.45) is 12.8 Å². The second kappa shape index (κ2) is 4.63. The van der Waals surface area contributed by atoms with E-state index in [1.165, 1.54) is 0 Å². The van der Waals surface area contributed by atoms with E-state index < -0.39 is 0 Å². The third-order valence-corrected chi connectivity index (χ3v) is 2.57. The van der Waals surface area contributed by atoms with Gasteiger partial charge >= 0.3 is 0 Å². The number of nitrogens with zero attached hydrogens (tertiary/aromatic N) is 3. The highest BCUT2D eigenvalue weighted by Crippen LogP contribution is 2.15. The fraction of sp³-hybridized carbons (Fsp3) is 0.273. The average molecular weight is 237 g/mol. The van der Waals surface area contributed by atoms with Gasteiger partial charge in [0.1, 0.15) is 0 Å². The van der Waals surface area contributed by atoms with Crippen LogP contribution in [0.25, 0.3) is 0 Å². The van der Waals surface area contributed by atoms with Crippen LogP contribution in [0.1, 0.15) is 17.3 Å². The van der Waals surface area contributed by atoms with Gasteiger partial charge in [-0.25, -0.2) is 0 Å². The first-order valence-electron chi connectivity index (χ1n) is 4.99. The minimum atomic E-state index is -0.124. The van der Waals surface area contributed by atoms with Crippen LogP contribution in [-0.4, -0.2) is 14.8 Å². The van der Waals surface area contributed by atoms with Crippen molar-refractivity contribution < 1.29 is 0 Å². The molecule has 2 aromatic rings. The van der Waals surface area contributed by atoms with Crippen LogP contribution in [0.5, 0.6) is 0 Å². The molecule has 1 atom stereocenters. The summed E-state index contributed by atoms with van der Waals surface area (Å²) in [5, 5.41) is 4.72. The maximum absolute atomic E-state index is 6.04. The molecule has 5 heteroatoms. The number of nitrogens with two attached hydrogens (primary N) is 1. The summed E-state index contributed by atoms with van der Waals surface area (Å²) in [6.07, 6.45) is 6.11. The quantitative estimate of drug-likeness (QED) is 0.883. The molecule has 84 valence electrons. The molecule has 1 unspecified atom stereocenters. The Morgan fingerprint density at radius 2 is 2.25 bits per heavy atom. The van der Waals surface area contributed by atoms with Gasteiger partial charge in [0.25, 0.3) is 0 Å². The SMILES string of the molecule is Cn1cc(CC(N)c2ccc(Cl)cn2)cn1. The number of hydrogen-bond acceptors (Lipinski definition) is 3. The van der Waals surface area contributed by atoms with Crippen LogP contribution in [0.3, 0.4) is 0 Å². The summed E-state index contributed by atoms with van der Waals surface area (Å²) < 4.78 is 1.76. The number of hydrogen-bond donors (Lipinski definition) is 1. The molecule has 0 saturated heterocycles. The average Bonchev–Trinajstić information content (AvgIpc) is 2.65. The lowest BCUT2D eigenvalue weighted by atomic mass is 10.1. The molecule has 16 heavy (non-hydrogen) atoms. The largest absolute Gasteiger partial charge is 0.322 e. The van der Waals surface area contributed by atoms with Crippen molar-refractivity contribution in [1.29, 1.82) is 0 Å². The molecule has 0 spiro atoms. The lowest BCUT2D eigenvalue weighted by Crippen LogP contribution is -2.14. The van der Waals surface area contributed by atoms with Crippen molar-refractivity contribution in [3.8, 4) is 0 Å². The van der Waals surface area contributed by atoms with Gasteiger partial charge in [-0.05, 0) is 24.1 Å². The lowest BCUT2D eigenvalue weighted by Gasteiger charge is -2.09. The molecule has 0 aromatic carbocycles.